The van der Waals surface area contributed by atoms with Gasteiger partial charge in [0.25, 0.3) is 0 Å². The van der Waals surface area contributed by atoms with Crippen molar-refractivity contribution in [3.05, 3.63) is 102 Å². The highest BCUT2D eigenvalue weighted by Crippen LogP contribution is 2.28. The highest BCUT2D eigenvalue weighted by Gasteiger charge is 2.11. The molecule has 37 heavy (non-hydrogen) atoms. The summed E-state index contributed by atoms with van der Waals surface area (Å²) in [6.45, 7) is 2.23. The van der Waals surface area contributed by atoms with Gasteiger partial charge in [-0.05, 0) is 66.6 Å². The Hall–Kier alpha value is -4.79. The van der Waals surface area contributed by atoms with Gasteiger partial charge in [-0.15, -0.1) is 5.10 Å². The molecule has 0 aliphatic rings. The molecule has 0 aliphatic carbocycles. The summed E-state index contributed by atoms with van der Waals surface area (Å²) in [5, 5.41) is 10.4. The molecule has 9 heteroatoms. The molecule has 7 nitrogen and oxygen atoms in total. The van der Waals surface area contributed by atoms with Gasteiger partial charge in [0.05, 0.1) is 18.7 Å². The van der Waals surface area contributed by atoms with Gasteiger partial charge in [-0.2, -0.15) is 4.98 Å². The summed E-state index contributed by atoms with van der Waals surface area (Å²) in [6.07, 6.45) is 2.01. The summed E-state index contributed by atoms with van der Waals surface area (Å²) in [5.74, 6) is -0.173. The third-order valence-electron chi connectivity index (χ3n) is 5.60. The van der Waals surface area contributed by atoms with Gasteiger partial charge in [-0.1, -0.05) is 24.3 Å². The van der Waals surface area contributed by atoms with Crippen molar-refractivity contribution in [2.45, 2.75) is 13.3 Å². The Morgan fingerprint density at radius 2 is 1.65 bits per heavy atom. The molecule has 0 unspecified atom stereocenters. The highest BCUT2D eigenvalue weighted by molar-refractivity contribution is 5.92. The number of nitrogens with one attached hydrogen (secondary N) is 2. The third-order valence-corrected chi connectivity index (χ3v) is 5.60. The first-order valence-corrected chi connectivity index (χ1v) is 11.7. The number of carbonyl (C=O) groups is 1. The molecule has 5 rings (SSSR count). The van der Waals surface area contributed by atoms with Gasteiger partial charge >= 0.3 is 0 Å². The van der Waals surface area contributed by atoms with Crippen molar-refractivity contribution < 1.29 is 18.3 Å². The van der Waals surface area contributed by atoms with Crippen molar-refractivity contribution in [1.29, 1.82) is 0 Å². The quantitative estimate of drug-likeness (QED) is 0.274. The number of halogens is 2. The van der Waals surface area contributed by atoms with Crippen molar-refractivity contribution in [2.24, 2.45) is 0 Å². The van der Waals surface area contributed by atoms with Gasteiger partial charge in [-0.25, -0.2) is 13.3 Å². The highest BCUT2D eigenvalue weighted by atomic mass is 19.1. The number of ether oxygens (including phenoxy) is 1. The minimum atomic E-state index is -0.389. The smallest absolute Gasteiger partial charge is 0.247 e. The lowest BCUT2D eigenvalue weighted by Crippen LogP contribution is -2.14. The van der Waals surface area contributed by atoms with Crippen molar-refractivity contribution in [2.75, 3.05) is 17.2 Å². The summed E-state index contributed by atoms with van der Waals surface area (Å²) in [4.78, 5) is 16.8. The summed E-state index contributed by atoms with van der Waals surface area (Å²) in [5.41, 5.74) is 4.44. The molecule has 1 amide bonds. The summed E-state index contributed by atoms with van der Waals surface area (Å²) in [6, 6.07) is 21.3. The van der Waals surface area contributed by atoms with E-state index in [4.69, 9.17) is 4.74 Å². The fourth-order valence-electron chi connectivity index (χ4n) is 3.84. The molecule has 0 atom stereocenters. The predicted octanol–water partition coefficient (Wildman–Crippen LogP) is 6.00. The van der Waals surface area contributed by atoms with Crippen LogP contribution in [0.5, 0.6) is 5.75 Å². The van der Waals surface area contributed by atoms with E-state index in [-0.39, 0.29) is 24.0 Å². The molecule has 2 N–H and O–H groups in total. The second-order valence-electron chi connectivity index (χ2n) is 8.28. The molecule has 0 spiro atoms. The second kappa shape index (κ2) is 10.4. The van der Waals surface area contributed by atoms with Crippen molar-refractivity contribution in [3.8, 4) is 16.9 Å². The van der Waals surface area contributed by atoms with E-state index in [0.717, 1.165) is 16.7 Å². The van der Waals surface area contributed by atoms with Gasteiger partial charge in [0.1, 0.15) is 17.4 Å². The number of anilines is 3. The predicted molar refractivity (Wildman–Crippen MR) is 138 cm³/mol. The Morgan fingerprint density at radius 1 is 0.919 bits per heavy atom. The lowest BCUT2D eigenvalue weighted by atomic mass is 10.1. The van der Waals surface area contributed by atoms with Crippen LogP contribution in [0, 0.1) is 11.6 Å². The van der Waals surface area contributed by atoms with Crippen LogP contribution in [0.15, 0.2) is 85.1 Å². The van der Waals surface area contributed by atoms with Gasteiger partial charge in [0.15, 0.2) is 5.65 Å². The number of pyridine rings is 1. The number of amides is 1. The standard InChI is InChI=1S/C28H23F2N5O2/c1-2-37-25-16-22(30)10-13-24(25)32-28-33-26-14-7-20(17-35(26)34-28)19-5-11-23(12-6-19)31-27(36)15-18-3-8-21(29)9-4-18/h3-14,16-17H,2,15H2,1H3,(H,31,36)(H,32,34). The molecule has 186 valence electrons. The number of hydrogen-bond donors (Lipinski definition) is 2. The van der Waals surface area contributed by atoms with Gasteiger partial charge in [0.2, 0.25) is 11.9 Å². The fraction of sp³-hybridized carbons (Fsp3) is 0.107. The first-order chi connectivity index (χ1) is 18.0. The SMILES string of the molecule is CCOc1cc(F)ccc1Nc1nc2ccc(-c3ccc(NC(=O)Cc4ccc(F)cc4)cc3)cn2n1. The summed E-state index contributed by atoms with van der Waals surface area (Å²) < 4.78 is 33.8. The first kappa shape index (κ1) is 23.9. The number of aromatic nitrogens is 3. The van der Waals surface area contributed by atoms with Crippen LogP contribution in [0.3, 0.4) is 0 Å². The number of benzene rings is 3. The van der Waals surface area contributed by atoms with E-state index in [2.05, 4.69) is 20.7 Å². The largest absolute Gasteiger partial charge is 0.492 e. The minimum Gasteiger partial charge on any atom is -0.492 e. The molecule has 3 aromatic carbocycles. The number of hydrogen-bond acceptors (Lipinski definition) is 5. The zero-order chi connectivity index (χ0) is 25.8. The number of carbonyl (C=O) groups excluding carboxylic acids is 1. The fourth-order valence-corrected chi connectivity index (χ4v) is 3.84. The topological polar surface area (TPSA) is 80.5 Å². The van der Waals surface area contributed by atoms with Crippen LogP contribution in [0.4, 0.5) is 26.1 Å². The van der Waals surface area contributed by atoms with Gasteiger partial charge < -0.3 is 15.4 Å². The van der Waals surface area contributed by atoms with E-state index in [1.807, 2.05) is 49.5 Å². The van der Waals surface area contributed by atoms with Crippen LogP contribution in [0.2, 0.25) is 0 Å². The van der Waals surface area contributed by atoms with Crippen molar-refractivity contribution in [3.63, 3.8) is 0 Å². The monoisotopic (exact) mass is 499 g/mol. The van der Waals surface area contributed by atoms with E-state index in [1.165, 1.54) is 24.3 Å². The zero-order valence-corrected chi connectivity index (χ0v) is 19.9. The second-order valence-corrected chi connectivity index (χ2v) is 8.28. The maximum Gasteiger partial charge on any atom is 0.247 e. The van der Waals surface area contributed by atoms with Gasteiger partial charge in [0, 0.05) is 23.5 Å². The van der Waals surface area contributed by atoms with E-state index in [9.17, 15) is 13.6 Å². The third kappa shape index (κ3) is 5.72. The molecule has 0 aliphatic heterocycles. The normalized spacial score (nSPS) is 10.9. The maximum absolute atomic E-state index is 13.6. The first-order valence-electron chi connectivity index (χ1n) is 11.7. The van der Waals surface area contributed by atoms with Crippen LogP contribution < -0.4 is 15.4 Å². The summed E-state index contributed by atoms with van der Waals surface area (Å²) in [7, 11) is 0. The molecule has 0 fully saturated rings. The Bertz CT molecular complexity index is 1550. The van der Waals surface area contributed by atoms with Crippen LogP contribution in [0.25, 0.3) is 16.8 Å². The molecule has 2 heterocycles. The molecule has 0 bridgehead atoms. The van der Waals surface area contributed by atoms with Crippen LogP contribution in [-0.4, -0.2) is 27.1 Å². The van der Waals surface area contributed by atoms with Crippen LogP contribution in [0.1, 0.15) is 12.5 Å². The average molecular weight is 500 g/mol. The zero-order valence-electron chi connectivity index (χ0n) is 19.9. The van der Waals surface area contributed by atoms with E-state index in [0.29, 0.717) is 35.3 Å². The lowest BCUT2D eigenvalue weighted by molar-refractivity contribution is -0.115. The lowest BCUT2D eigenvalue weighted by Gasteiger charge is -2.10. The number of nitrogens with zero attached hydrogens (tertiary/aromatic N) is 3. The van der Waals surface area contributed by atoms with Gasteiger partial charge in [-0.3, -0.25) is 4.79 Å². The molecule has 2 aromatic heterocycles. The Labute approximate surface area is 211 Å². The maximum atomic E-state index is 13.6. The summed E-state index contributed by atoms with van der Waals surface area (Å²) >= 11 is 0. The van der Waals surface area contributed by atoms with E-state index < -0.39 is 0 Å². The van der Waals surface area contributed by atoms with Crippen molar-refractivity contribution in [1.82, 2.24) is 14.6 Å². The molecule has 5 aromatic rings. The van der Waals surface area contributed by atoms with E-state index >= 15 is 0 Å². The van der Waals surface area contributed by atoms with Crippen molar-refractivity contribution >= 4 is 28.9 Å². The Kier molecular flexibility index (Phi) is 6.76. The molecular formula is C28H23F2N5O2. The average Bonchev–Trinajstić information content (AvgIpc) is 3.29. The number of fused-ring (bicyclic) bond motifs is 1. The number of rotatable bonds is 8. The van der Waals surface area contributed by atoms with Crippen LogP contribution >= 0.6 is 0 Å². The molecule has 0 radical (unpaired) electrons. The van der Waals surface area contributed by atoms with E-state index in [1.54, 1.807) is 22.7 Å². The van der Waals surface area contributed by atoms with Crippen LogP contribution in [-0.2, 0) is 11.2 Å². The molecular weight excluding hydrogens is 476 g/mol. The minimum absolute atomic E-state index is 0.158. The molecule has 0 saturated heterocycles. The molecule has 0 saturated carbocycles. The Balaban J connectivity index is 1.28. The Morgan fingerprint density at radius 3 is 2.41 bits per heavy atom.